The normalized spacial score (nSPS) is 18.2. The molecule has 1 aliphatic rings. The van der Waals surface area contributed by atoms with E-state index >= 15 is 0 Å². The Morgan fingerprint density at radius 3 is 2.08 bits per heavy atom. The predicted molar refractivity (Wildman–Crippen MR) is 63.0 cm³/mol. The van der Waals surface area contributed by atoms with Crippen LogP contribution in [0.3, 0.4) is 0 Å². The molecule has 2 heteroatoms. The van der Waals surface area contributed by atoms with Crippen molar-refractivity contribution in [1.29, 1.82) is 0 Å². The molecule has 68 valence electrons. The van der Waals surface area contributed by atoms with Crippen molar-refractivity contribution in [3.8, 4) is 0 Å². The van der Waals surface area contributed by atoms with Crippen LogP contribution in [0.1, 0.15) is 6.42 Å². The zero-order valence-electron chi connectivity index (χ0n) is 8.94. The van der Waals surface area contributed by atoms with E-state index in [1.165, 1.54) is 6.42 Å². The fourth-order valence-corrected chi connectivity index (χ4v) is 7.03. The van der Waals surface area contributed by atoms with Crippen molar-refractivity contribution < 1.29 is 0 Å². The summed E-state index contributed by atoms with van der Waals surface area (Å²) < 4.78 is 0. The van der Waals surface area contributed by atoms with Gasteiger partial charge in [-0.05, 0) is 6.42 Å². The van der Waals surface area contributed by atoms with Crippen LogP contribution in [0.15, 0.2) is 22.5 Å². The summed E-state index contributed by atoms with van der Waals surface area (Å²) in [6, 6.07) is 0. The third-order valence-electron chi connectivity index (χ3n) is 2.40. The summed E-state index contributed by atoms with van der Waals surface area (Å²) in [5, 5.41) is 3.51. The van der Waals surface area contributed by atoms with Crippen molar-refractivity contribution in [3.63, 3.8) is 0 Å². The maximum atomic E-state index is 2.47. The summed E-state index contributed by atoms with van der Waals surface area (Å²) in [5.41, 5.74) is 0. The highest BCUT2D eigenvalue weighted by Gasteiger charge is 2.25. The van der Waals surface area contributed by atoms with Crippen LogP contribution in [0, 0.1) is 0 Å². The van der Waals surface area contributed by atoms with Gasteiger partial charge in [-0.15, -0.1) is 0 Å². The van der Waals surface area contributed by atoms with Gasteiger partial charge in [-0.25, -0.2) is 0 Å². The van der Waals surface area contributed by atoms with Gasteiger partial charge in [-0.3, -0.25) is 0 Å². The van der Waals surface area contributed by atoms with Gasteiger partial charge in [0.25, 0.3) is 0 Å². The molecule has 12 heavy (non-hydrogen) atoms. The topological polar surface area (TPSA) is 0 Å². The van der Waals surface area contributed by atoms with Gasteiger partial charge in [0.05, 0.1) is 16.9 Å². The van der Waals surface area contributed by atoms with Gasteiger partial charge < -0.3 is 0 Å². The van der Waals surface area contributed by atoms with E-state index in [0.29, 0.717) is 0 Å². The minimum Gasteiger partial charge on any atom is -0.0820 e. The largest absolute Gasteiger partial charge is 0.0820 e. The van der Waals surface area contributed by atoms with E-state index in [1.807, 2.05) is 0 Å². The van der Waals surface area contributed by atoms with Gasteiger partial charge in [0.1, 0.15) is 0 Å². The standard InChI is InChI=1S/C10H20Si2/c1-11(2)9-7-6-8-10(9)12(3,4)5/h7-8,11H,6H2,1-5H3. The third-order valence-corrected chi connectivity index (χ3v) is 6.59. The number of allylic oxidation sites excluding steroid dienone is 4. The van der Waals surface area contributed by atoms with Crippen LogP contribution in [0.4, 0.5) is 0 Å². The molecule has 0 saturated carbocycles. The summed E-state index contributed by atoms with van der Waals surface area (Å²) in [5.74, 6) is 0. The summed E-state index contributed by atoms with van der Waals surface area (Å²) in [4.78, 5) is 0. The molecule has 0 nitrogen and oxygen atoms in total. The molecule has 0 aliphatic heterocycles. The molecule has 0 unspecified atom stereocenters. The molecule has 0 fully saturated rings. The lowest BCUT2D eigenvalue weighted by Crippen LogP contribution is -2.27. The van der Waals surface area contributed by atoms with E-state index < -0.39 is 16.9 Å². The Balaban J connectivity index is 2.88. The van der Waals surface area contributed by atoms with E-state index in [1.54, 1.807) is 10.4 Å². The Hall–Kier alpha value is -0.0862. The van der Waals surface area contributed by atoms with Crippen molar-refractivity contribution in [3.05, 3.63) is 22.5 Å². The van der Waals surface area contributed by atoms with Gasteiger partial charge >= 0.3 is 0 Å². The first kappa shape index (κ1) is 10.00. The first-order valence-corrected chi connectivity index (χ1v) is 11.2. The molecule has 0 bridgehead atoms. The Labute approximate surface area is 79.0 Å². The maximum Gasteiger partial charge on any atom is 0.0770 e. The smallest absolute Gasteiger partial charge is 0.0770 e. The summed E-state index contributed by atoms with van der Waals surface area (Å²) >= 11 is 0. The number of hydrogen-bond acceptors (Lipinski definition) is 0. The maximum absolute atomic E-state index is 2.47. The van der Waals surface area contributed by atoms with Crippen LogP contribution in [0.25, 0.3) is 0 Å². The lowest BCUT2D eigenvalue weighted by molar-refractivity contribution is 1.44. The van der Waals surface area contributed by atoms with Crippen molar-refractivity contribution >= 4 is 16.9 Å². The second kappa shape index (κ2) is 3.34. The van der Waals surface area contributed by atoms with Gasteiger partial charge in [-0.1, -0.05) is 55.3 Å². The number of hydrogen-bond donors (Lipinski definition) is 0. The van der Waals surface area contributed by atoms with E-state index in [4.69, 9.17) is 0 Å². The Morgan fingerprint density at radius 2 is 1.75 bits per heavy atom. The Kier molecular flexibility index (Phi) is 2.78. The van der Waals surface area contributed by atoms with Crippen molar-refractivity contribution in [2.75, 3.05) is 0 Å². The predicted octanol–water partition coefficient (Wildman–Crippen LogP) is 3.15. The molecule has 1 aliphatic carbocycles. The molecule has 0 aromatic carbocycles. The molecular formula is C10H20Si2. The zero-order chi connectivity index (χ0) is 9.35. The highest BCUT2D eigenvalue weighted by atomic mass is 28.3. The molecule has 0 aromatic heterocycles. The van der Waals surface area contributed by atoms with Crippen molar-refractivity contribution in [2.24, 2.45) is 0 Å². The molecule has 0 N–H and O–H groups in total. The zero-order valence-corrected chi connectivity index (χ0v) is 11.1. The van der Waals surface area contributed by atoms with E-state index in [0.717, 1.165) is 0 Å². The van der Waals surface area contributed by atoms with Crippen LogP contribution >= 0.6 is 0 Å². The summed E-state index contributed by atoms with van der Waals surface area (Å²) in [7, 11) is -1.58. The number of rotatable bonds is 2. The van der Waals surface area contributed by atoms with Gasteiger partial charge in [0.2, 0.25) is 0 Å². The lowest BCUT2D eigenvalue weighted by Gasteiger charge is -2.23. The van der Waals surface area contributed by atoms with Crippen molar-refractivity contribution in [1.82, 2.24) is 0 Å². The van der Waals surface area contributed by atoms with Gasteiger partial charge in [0.15, 0.2) is 0 Å². The van der Waals surface area contributed by atoms with Crippen LogP contribution in [-0.4, -0.2) is 16.9 Å². The van der Waals surface area contributed by atoms with Gasteiger partial charge in [-0.2, -0.15) is 0 Å². The quantitative estimate of drug-likeness (QED) is 0.595. The second-order valence-electron chi connectivity index (χ2n) is 4.92. The minimum atomic E-state index is -1.02. The van der Waals surface area contributed by atoms with E-state index in [9.17, 15) is 0 Å². The van der Waals surface area contributed by atoms with Crippen molar-refractivity contribution in [2.45, 2.75) is 39.2 Å². The molecule has 0 aromatic rings. The highest BCUT2D eigenvalue weighted by Crippen LogP contribution is 2.29. The Morgan fingerprint density at radius 1 is 1.17 bits per heavy atom. The SMILES string of the molecule is C[SiH](C)C1=CCC=C1[Si](C)(C)C. The second-order valence-corrected chi connectivity index (χ2v) is 12.9. The van der Waals surface area contributed by atoms with Crippen LogP contribution in [-0.2, 0) is 0 Å². The lowest BCUT2D eigenvalue weighted by atomic mass is 10.5. The van der Waals surface area contributed by atoms with Gasteiger partial charge in [0, 0.05) is 0 Å². The van der Waals surface area contributed by atoms with E-state index in [2.05, 4.69) is 44.9 Å². The molecule has 0 atom stereocenters. The molecule has 0 heterocycles. The van der Waals surface area contributed by atoms with Crippen LogP contribution < -0.4 is 0 Å². The Bertz CT molecular complexity index is 229. The fraction of sp³-hybridized carbons (Fsp3) is 0.600. The summed E-state index contributed by atoms with van der Waals surface area (Å²) in [6.07, 6.45) is 6.14. The monoisotopic (exact) mass is 196 g/mol. The molecule has 0 amide bonds. The minimum absolute atomic E-state index is 0.553. The highest BCUT2D eigenvalue weighted by molar-refractivity contribution is 6.87. The summed E-state index contributed by atoms with van der Waals surface area (Å²) in [6.45, 7) is 12.2. The first-order valence-electron chi connectivity index (χ1n) is 4.84. The average molecular weight is 196 g/mol. The fourth-order valence-electron chi connectivity index (χ4n) is 1.82. The third kappa shape index (κ3) is 1.99. The van der Waals surface area contributed by atoms with Crippen LogP contribution in [0.2, 0.25) is 32.7 Å². The van der Waals surface area contributed by atoms with Crippen LogP contribution in [0.5, 0.6) is 0 Å². The van der Waals surface area contributed by atoms with E-state index in [-0.39, 0.29) is 0 Å². The average Bonchev–Trinajstić information content (AvgIpc) is 2.30. The molecule has 1 rings (SSSR count). The molecule has 0 spiro atoms. The molecule has 0 radical (unpaired) electrons. The molecule has 0 saturated heterocycles. The molecular weight excluding hydrogens is 176 g/mol. The first-order chi connectivity index (χ1) is 5.43.